The molecule has 21 heavy (non-hydrogen) atoms. The zero-order valence-electron chi connectivity index (χ0n) is 12.8. The Morgan fingerprint density at radius 3 is 2.43 bits per heavy atom. The highest BCUT2D eigenvalue weighted by Gasteiger charge is 2.42. The van der Waals surface area contributed by atoms with Gasteiger partial charge in [0.05, 0.1) is 11.6 Å². The summed E-state index contributed by atoms with van der Waals surface area (Å²) in [4.78, 5) is 4.78. The number of nitrogens with zero attached hydrogens (tertiary/aromatic N) is 4. The fraction of sp³-hybridized carbons (Fsp3) is 0.750. The van der Waals surface area contributed by atoms with E-state index in [0.29, 0.717) is 5.88 Å². The van der Waals surface area contributed by atoms with Crippen LogP contribution >= 0.6 is 11.6 Å². The maximum absolute atomic E-state index is 6.17. The van der Waals surface area contributed by atoms with Crippen molar-refractivity contribution in [2.24, 2.45) is 24.8 Å². The molecule has 0 aromatic carbocycles. The second-order valence-corrected chi connectivity index (χ2v) is 6.97. The van der Waals surface area contributed by atoms with Crippen LogP contribution in [-0.4, -0.2) is 19.3 Å². The van der Waals surface area contributed by atoms with Crippen LogP contribution < -0.4 is 0 Å². The Kier molecular flexibility index (Phi) is 3.25. The first-order valence-corrected chi connectivity index (χ1v) is 8.73. The van der Waals surface area contributed by atoms with E-state index in [-0.39, 0.29) is 0 Å². The van der Waals surface area contributed by atoms with Crippen molar-refractivity contribution in [3.05, 3.63) is 11.5 Å². The number of alkyl halides is 1. The number of aryl methyl sites for hydroxylation is 2. The summed E-state index contributed by atoms with van der Waals surface area (Å²) in [7, 11) is 2.03. The number of hydrogen-bond acceptors (Lipinski definition) is 2. The van der Waals surface area contributed by atoms with Crippen LogP contribution in [0, 0.1) is 17.8 Å². The Balaban J connectivity index is 1.76. The van der Waals surface area contributed by atoms with Crippen LogP contribution in [0.2, 0.25) is 0 Å². The first-order valence-electron chi connectivity index (χ1n) is 8.19. The third kappa shape index (κ3) is 2.28. The zero-order chi connectivity index (χ0) is 14.6. The van der Waals surface area contributed by atoms with E-state index in [1.54, 1.807) is 0 Å². The van der Waals surface area contributed by atoms with Crippen molar-refractivity contribution in [2.45, 2.75) is 51.5 Å². The molecule has 0 amide bonds. The predicted molar refractivity (Wildman–Crippen MR) is 84.4 cm³/mol. The number of fused-ring (bicyclic) bond motifs is 1. The Labute approximate surface area is 130 Å². The van der Waals surface area contributed by atoms with E-state index in [9.17, 15) is 0 Å². The molecule has 2 saturated carbocycles. The molecule has 0 N–H and O–H groups in total. The van der Waals surface area contributed by atoms with E-state index in [2.05, 4.69) is 16.6 Å². The summed E-state index contributed by atoms with van der Waals surface area (Å²) in [5.74, 6) is 4.21. The van der Waals surface area contributed by atoms with E-state index in [1.807, 2.05) is 11.7 Å². The van der Waals surface area contributed by atoms with E-state index in [0.717, 1.165) is 53.4 Å². The van der Waals surface area contributed by atoms with Crippen LogP contribution in [0.1, 0.15) is 44.1 Å². The minimum atomic E-state index is 0.486. The van der Waals surface area contributed by atoms with Gasteiger partial charge in [0.25, 0.3) is 0 Å². The molecule has 5 heteroatoms. The summed E-state index contributed by atoms with van der Waals surface area (Å²) in [5, 5.41) is 4.62. The van der Waals surface area contributed by atoms with Crippen molar-refractivity contribution < 1.29 is 0 Å². The van der Waals surface area contributed by atoms with Gasteiger partial charge in [-0.15, -0.1) is 11.6 Å². The molecule has 0 saturated heterocycles. The van der Waals surface area contributed by atoms with E-state index < -0.39 is 0 Å². The molecule has 0 unspecified atom stereocenters. The summed E-state index contributed by atoms with van der Waals surface area (Å²) in [5.41, 5.74) is 3.31. The molecule has 2 aromatic rings. The smallest absolute Gasteiger partial charge is 0.158 e. The van der Waals surface area contributed by atoms with Crippen molar-refractivity contribution in [3.8, 4) is 0 Å². The molecular weight excluding hydrogens is 284 g/mol. The van der Waals surface area contributed by atoms with Gasteiger partial charge >= 0.3 is 0 Å². The molecule has 0 spiro atoms. The Bertz CT molecular complexity index is 651. The molecule has 4 nitrogen and oxygen atoms in total. The monoisotopic (exact) mass is 306 g/mol. The summed E-state index contributed by atoms with van der Waals surface area (Å²) >= 11 is 6.17. The maximum Gasteiger partial charge on any atom is 0.158 e. The third-order valence-corrected chi connectivity index (χ3v) is 5.41. The molecule has 4 rings (SSSR count). The van der Waals surface area contributed by atoms with Crippen molar-refractivity contribution in [3.63, 3.8) is 0 Å². The Morgan fingerprint density at radius 2 is 1.90 bits per heavy atom. The van der Waals surface area contributed by atoms with Gasteiger partial charge in [-0.25, -0.2) is 4.98 Å². The number of rotatable bonds is 6. The molecule has 2 aliphatic rings. The molecule has 2 fully saturated rings. The van der Waals surface area contributed by atoms with Crippen LogP contribution in [-0.2, 0) is 25.9 Å². The minimum Gasteiger partial charge on any atom is -0.312 e. The number of aromatic nitrogens is 4. The third-order valence-electron chi connectivity index (χ3n) is 5.17. The molecule has 0 bridgehead atoms. The lowest BCUT2D eigenvalue weighted by molar-refractivity contribution is 0.347. The molecule has 114 valence electrons. The lowest BCUT2D eigenvalue weighted by Crippen LogP contribution is -2.17. The quantitative estimate of drug-likeness (QED) is 0.766. The molecule has 2 heterocycles. The molecular formula is C16H23ClN4. The summed E-state index contributed by atoms with van der Waals surface area (Å²) < 4.78 is 4.35. The molecule has 2 aliphatic carbocycles. The Morgan fingerprint density at radius 1 is 1.24 bits per heavy atom. The van der Waals surface area contributed by atoms with Crippen LogP contribution in [0.25, 0.3) is 11.2 Å². The largest absolute Gasteiger partial charge is 0.312 e. The summed E-state index contributed by atoms with van der Waals surface area (Å²) in [6, 6.07) is 0. The van der Waals surface area contributed by atoms with Crippen LogP contribution in [0.15, 0.2) is 0 Å². The number of hydrogen-bond donors (Lipinski definition) is 0. The predicted octanol–water partition coefficient (Wildman–Crippen LogP) is 3.51. The van der Waals surface area contributed by atoms with Gasteiger partial charge in [-0.2, -0.15) is 5.10 Å². The molecule has 0 aliphatic heterocycles. The maximum atomic E-state index is 6.17. The number of halogens is 1. The first-order chi connectivity index (χ1) is 10.2. The highest BCUT2D eigenvalue weighted by atomic mass is 35.5. The van der Waals surface area contributed by atoms with Crippen molar-refractivity contribution in [1.29, 1.82) is 0 Å². The highest BCUT2D eigenvalue weighted by molar-refractivity contribution is 6.16. The molecule has 2 aromatic heterocycles. The van der Waals surface area contributed by atoms with Crippen LogP contribution in [0.4, 0.5) is 0 Å². The lowest BCUT2D eigenvalue weighted by Gasteiger charge is -2.18. The first kappa shape index (κ1) is 13.6. The van der Waals surface area contributed by atoms with E-state index in [4.69, 9.17) is 16.6 Å². The average Bonchev–Trinajstić information content (AvgIpc) is 3.39. The van der Waals surface area contributed by atoms with E-state index >= 15 is 0 Å². The van der Waals surface area contributed by atoms with Gasteiger partial charge in [-0.05, 0) is 49.9 Å². The van der Waals surface area contributed by atoms with E-state index in [1.165, 1.54) is 25.7 Å². The Hall–Kier alpha value is -1.03. The number of imidazole rings is 1. The van der Waals surface area contributed by atoms with Gasteiger partial charge in [-0.3, -0.25) is 4.68 Å². The molecule has 0 atom stereocenters. The average molecular weight is 307 g/mol. The minimum absolute atomic E-state index is 0.486. The van der Waals surface area contributed by atoms with Gasteiger partial charge < -0.3 is 4.57 Å². The van der Waals surface area contributed by atoms with Crippen molar-refractivity contribution in [1.82, 2.24) is 19.3 Å². The lowest BCUT2D eigenvalue weighted by atomic mass is 9.98. The fourth-order valence-electron chi connectivity index (χ4n) is 3.76. The van der Waals surface area contributed by atoms with Crippen molar-refractivity contribution >= 4 is 22.8 Å². The zero-order valence-corrected chi connectivity index (χ0v) is 13.6. The summed E-state index contributed by atoms with van der Waals surface area (Å²) in [6.45, 7) is 3.22. The van der Waals surface area contributed by atoms with Gasteiger partial charge in [0.1, 0.15) is 11.3 Å². The van der Waals surface area contributed by atoms with Gasteiger partial charge in [-0.1, -0.05) is 6.92 Å². The second kappa shape index (κ2) is 5.01. The fourth-order valence-corrected chi connectivity index (χ4v) is 3.97. The van der Waals surface area contributed by atoms with Crippen LogP contribution in [0.3, 0.4) is 0 Å². The normalized spacial score (nSPS) is 19.0. The standard InChI is InChI=1S/C16H23ClN4/c1-3-13-15-16(20(2)19-13)21(14(8-17)18-15)9-12(10-4-5-10)11-6-7-11/h10-12H,3-9H2,1-2H3. The summed E-state index contributed by atoms with van der Waals surface area (Å²) in [6.07, 6.45) is 6.59. The van der Waals surface area contributed by atoms with Crippen molar-refractivity contribution in [2.75, 3.05) is 0 Å². The molecule has 0 radical (unpaired) electrons. The topological polar surface area (TPSA) is 35.6 Å². The van der Waals surface area contributed by atoms with Gasteiger partial charge in [0.2, 0.25) is 0 Å². The SMILES string of the molecule is CCc1nn(C)c2c1nc(CCl)n2CC(C1CC1)C1CC1. The highest BCUT2D eigenvalue weighted by Crippen LogP contribution is 2.50. The van der Waals surface area contributed by atoms with Gasteiger partial charge in [0, 0.05) is 13.6 Å². The van der Waals surface area contributed by atoms with Crippen LogP contribution in [0.5, 0.6) is 0 Å². The second-order valence-electron chi connectivity index (χ2n) is 6.71. The van der Waals surface area contributed by atoms with Gasteiger partial charge in [0.15, 0.2) is 5.65 Å².